The molecule has 0 saturated heterocycles. The van der Waals surface area contributed by atoms with E-state index in [1.807, 2.05) is 0 Å². The van der Waals surface area contributed by atoms with Gasteiger partial charge in [0.25, 0.3) is 0 Å². The number of rotatable bonds is 1. The molecule has 4 fully saturated rings. The number of aliphatic hydroxyl groups excluding tert-OH is 1. The van der Waals surface area contributed by atoms with E-state index < -0.39 is 0 Å². The summed E-state index contributed by atoms with van der Waals surface area (Å²) in [6, 6.07) is 0. The van der Waals surface area contributed by atoms with E-state index in [1.54, 1.807) is 0 Å². The maximum absolute atomic E-state index is 9.93. The number of aliphatic hydroxyl groups is 1. The van der Waals surface area contributed by atoms with Gasteiger partial charge in [0.15, 0.2) is 0 Å². The lowest BCUT2D eigenvalue weighted by molar-refractivity contribution is 0.124. The van der Waals surface area contributed by atoms with Crippen molar-refractivity contribution in [1.82, 2.24) is 0 Å². The van der Waals surface area contributed by atoms with Crippen molar-refractivity contribution >= 4 is 0 Å². The summed E-state index contributed by atoms with van der Waals surface area (Å²) >= 11 is 0. The molecule has 68 valence electrons. The SMILES string of the molecule is CC(C)[C@]12[C@H](C)[C@@H]3C[C@H]1[C@H]2C3O. The second-order valence-electron chi connectivity index (χ2n) is 5.47. The number of hydrogen-bond acceptors (Lipinski definition) is 1. The molecule has 0 radical (unpaired) electrons. The highest BCUT2D eigenvalue weighted by atomic mass is 16.3. The molecule has 4 aliphatic rings. The number of hydrogen-bond donors (Lipinski definition) is 1. The standard InChI is InChI=1S/C11H18O/c1-5(2)11-6(3)7-4-8(11)9(11)10(7)12/h5-10,12H,4H2,1-3H3/t6-,7+,8+,9+,10?,11+/m1/s1. The van der Waals surface area contributed by atoms with Crippen LogP contribution >= 0.6 is 0 Å². The first-order valence-electron chi connectivity index (χ1n) is 5.29. The van der Waals surface area contributed by atoms with Crippen LogP contribution in [-0.4, -0.2) is 11.2 Å². The molecule has 4 rings (SSSR count). The molecular weight excluding hydrogens is 148 g/mol. The lowest BCUT2D eigenvalue weighted by Crippen LogP contribution is -2.18. The summed E-state index contributed by atoms with van der Waals surface area (Å²) in [5.74, 6) is 3.82. The maximum atomic E-state index is 9.93. The second-order valence-corrected chi connectivity index (χ2v) is 5.47. The molecule has 6 atom stereocenters. The summed E-state index contributed by atoms with van der Waals surface area (Å²) in [5, 5.41) is 9.93. The van der Waals surface area contributed by atoms with Crippen molar-refractivity contribution in [3.05, 3.63) is 0 Å². The van der Waals surface area contributed by atoms with Gasteiger partial charge in [-0.1, -0.05) is 20.8 Å². The normalized spacial score (nSPS) is 66.2. The predicted octanol–water partition coefficient (Wildman–Crippen LogP) is 1.91. The maximum Gasteiger partial charge on any atom is 0.0607 e. The zero-order valence-electron chi connectivity index (χ0n) is 8.12. The Balaban J connectivity index is 2.04. The quantitative estimate of drug-likeness (QED) is 0.631. The minimum Gasteiger partial charge on any atom is -0.393 e. The van der Waals surface area contributed by atoms with Gasteiger partial charge in [0.05, 0.1) is 6.10 Å². The zero-order chi connectivity index (χ0) is 8.67. The van der Waals surface area contributed by atoms with E-state index in [9.17, 15) is 5.11 Å². The van der Waals surface area contributed by atoms with Gasteiger partial charge in [0.1, 0.15) is 0 Å². The minimum absolute atomic E-state index is 0.0624. The van der Waals surface area contributed by atoms with Crippen LogP contribution in [0.15, 0.2) is 0 Å². The van der Waals surface area contributed by atoms with Crippen molar-refractivity contribution in [2.24, 2.45) is 35.0 Å². The monoisotopic (exact) mass is 166 g/mol. The van der Waals surface area contributed by atoms with Gasteiger partial charge in [-0.3, -0.25) is 0 Å². The van der Waals surface area contributed by atoms with Crippen LogP contribution in [0.3, 0.4) is 0 Å². The topological polar surface area (TPSA) is 20.2 Å². The summed E-state index contributed by atoms with van der Waals surface area (Å²) in [6.07, 6.45) is 1.39. The summed E-state index contributed by atoms with van der Waals surface area (Å²) in [6.45, 7) is 7.04. The van der Waals surface area contributed by atoms with Crippen LogP contribution in [0.1, 0.15) is 27.2 Å². The first-order valence-corrected chi connectivity index (χ1v) is 5.29. The van der Waals surface area contributed by atoms with Crippen molar-refractivity contribution in [2.75, 3.05) is 0 Å². The van der Waals surface area contributed by atoms with Gasteiger partial charge in [-0.15, -0.1) is 0 Å². The molecule has 1 nitrogen and oxygen atoms in total. The van der Waals surface area contributed by atoms with Crippen LogP contribution in [0.4, 0.5) is 0 Å². The van der Waals surface area contributed by atoms with Crippen LogP contribution in [0.5, 0.6) is 0 Å². The van der Waals surface area contributed by atoms with Gasteiger partial charge in [-0.25, -0.2) is 0 Å². The molecule has 12 heavy (non-hydrogen) atoms. The van der Waals surface area contributed by atoms with E-state index in [0.717, 1.165) is 17.8 Å². The van der Waals surface area contributed by atoms with Gasteiger partial charge in [-0.2, -0.15) is 0 Å². The molecule has 0 aromatic carbocycles. The van der Waals surface area contributed by atoms with E-state index in [-0.39, 0.29) is 6.10 Å². The third-order valence-corrected chi connectivity index (χ3v) is 5.31. The molecule has 0 aliphatic heterocycles. The Kier molecular flexibility index (Phi) is 1.07. The summed E-state index contributed by atoms with van der Waals surface area (Å²) in [4.78, 5) is 0. The van der Waals surface area contributed by atoms with Crippen LogP contribution in [-0.2, 0) is 0 Å². The van der Waals surface area contributed by atoms with Gasteiger partial charge in [0, 0.05) is 0 Å². The predicted molar refractivity (Wildman–Crippen MR) is 47.5 cm³/mol. The average molecular weight is 166 g/mol. The molecule has 0 aromatic heterocycles. The zero-order valence-corrected chi connectivity index (χ0v) is 8.12. The van der Waals surface area contributed by atoms with E-state index in [4.69, 9.17) is 0 Å². The van der Waals surface area contributed by atoms with Crippen LogP contribution in [0.2, 0.25) is 0 Å². The molecule has 4 aliphatic carbocycles. The summed E-state index contributed by atoms with van der Waals surface area (Å²) < 4.78 is 0. The van der Waals surface area contributed by atoms with Crippen LogP contribution in [0, 0.1) is 35.0 Å². The Morgan fingerprint density at radius 1 is 1.42 bits per heavy atom. The minimum atomic E-state index is 0.0624. The fraction of sp³-hybridized carbons (Fsp3) is 1.00. The lowest BCUT2D eigenvalue weighted by atomic mass is 9.82. The molecule has 0 spiro atoms. The van der Waals surface area contributed by atoms with Crippen LogP contribution < -0.4 is 0 Å². The fourth-order valence-corrected chi connectivity index (χ4v) is 4.97. The molecule has 0 aromatic rings. The Hall–Kier alpha value is -0.0400. The van der Waals surface area contributed by atoms with Crippen molar-refractivity contribution < 1.29 is 5.11 Å². The first kappa shape index (κ1) is 7.37. The van der Waals surface area contributed by atoms with E-state index in [0.29, 0.717) is 17.3 Å². The fourth-order valence-electron chi connectivity index (χ4n) is 4.97. The Bertz CT molecular complexity index is 231. The summed E-state index contributed by atoms with van der Waals surface area (Å²) in [7, 11) is 0. The molecule has 1 N–H and O–H groups in total. The van der Waals surface area contributed by atoms with E-state index in [1.165, 1.54) is 6.42 Å². The van der Waals surface area contributed by atoms with E-state index in [2.05, 4.69) is 20.8 Å². The van der Waals surface area contributed by atoms with Gasteiger partial charge in [0.2, 0.25) is 0 Å². The third-order valence-electron chi connectivity index (χ3n) is 5.31. The average Bonchev–Trinajstić information content (AvgIpc) is 2.29. The Morgan fingerprint density at radius 2 is 2.08 bits per heavy atom. The first-order chi connectivity index (χ1) is 5.61. The van der Waals surface area contributed by atoms with Crippen molar-refractivity contribution in [1.29, 1.82) is 0 Å². The van der Waals surface area contributed by atoms with Crippen molar-refractivity contribution in [2.45, 2.75) is 33.3 Å². The Morgan fingerprint density at radius 3 is 2.25 bits per heavy atom. The highest BCUT2D eigenvalue weighted by Gasteiger charge is 2.82. The third kappa shape index (κ3) is 0.454. The molecule has 1 unspecified atom stereocenters. The smallest absolute Gasteiger partial charge is 0.0607 e. The largest absolute Gasteiger partial charge is 0.393 e. The highest BCUT2D eigenvalue weighted by molar-refractivity contribution is 5.29. The van der Waals surface area contributed by atoms with Gasteiger partial charge in [-0.05, 0) is 41.4 Å². The molecule has 0 heterocycles. The highest BCUT2D eigenvalue weighted by Crippen LogP contribution is 2.83. The molecular formula is C11H18O. The van der Waals surface area contributed by atoms with Gasteiger partial charge >= 0.3 is 0 Å². The summed E-state index contributed by atoms with van der Waals surface area (Å²) in [5.41, 5.74) is 0.573. The molecule has 4 saturated carbocycles. The van der Waals surface area contributed by atoms with Gasteiger partial charge < -0.3 is 5.11 Å². The van der Waals surface area contributed by atoms with Crippen molar-refractivity contribution in [3.63, 3.8) is 0 Å². The second kappa shape index (κ2) is 1.75. The molecule has 4 bridgehead atoms. The molecule has 0 amide bonds. The van der Waals surface area contributed by atoms with E-state index >= 15 is 0 Å². The Labute approximate surface area is 74.2 Å². The van der Waals surface area contributed by atoms with Crippen LogP contribution in [0.25, 0.3) is 0 Å². The lowest BCUT2D eigenvalue weighted by Gasteiger charge is -2.22. The molecule has 1 heteroatoms. The van der Waals surface area contributed by atoms with Crippen molar-refractivity contribution in [3.8, 4) is 0 Å².